The van der Waals surface area contributed by atoms with Crippen LogP contribution in [0.15, 0.2) is 35.4 Å². The summed E-state index contributed by atoms with van der Waals surface area (Å²) in [6.07, 6.45) is 0. The molecule has 0 bridgehead atoms. The number of aryl methyl sites for hydroxylation is 2. The fourth-order valence-electron chi connectivity index (χ4n) is 2.33. The number of pyridine rings is 1. The molecule has 0 saturated carbocycles. The van der Waals surface area contributed by atoms with Crippen molar-refractivity contribution in [3.63, 3.8) is 0 Å². The normalized spacial score (nSPS) is 10.5. The second-order valence-corrected chi connectivity index (χ2v) is 6.95. The topological polar surface area (TPSA) is 65.8 Å². The van der Waals surface area contributed by atoms with Crippen molar-refractivity contribution in [1.82, 2.24) is 4.98 Å². The lowest BCUT2D eigenvalue weighted by atomic mass is 10.0. The minimum atomic E-state index is -0.109. The highest BCUT2D eigenvalue weighted by Gasteiger charge is 2.11. The molecule has 1 aromatic heterocycles. The third-order valence-corrected chi connectivity index (χ3v) is 4.60. The Labute approximate surface area is 147 Å². The maximum Gasteiger partial charge on any atom is 0.234 e. The molecule has 0 spiro atoms. The molecule has 2 aromatic rings. The number of hydrogen-bond donors (Lipinski definition) is 1. The summed E-state index contributed by atoms with van der Waals surface area (Å²) in [6, 6.07) is 11.9. The first-order valence-electron chi connectivity index (χ1n) is 7.81. The summed E-state index contributed by atoms with van der Waals surface area (Å²) in [5.74, 6) is 0.573. The minimum Gasteiger partial charge on any atom is -0.325 e. The summed E-state index contributed by atoms with van der Waals surface area (Å²) >= 11 is 1.29. The van der Waals surface area contributed by atoms with Crippen LogP contribution in [0.5, 0.6) is 0 Å². The monoisotopic (exact) mass is 339 g/mol. The van der Waals surface area contributed by atoms with Crippen molar-refractivity contribution in [3.05, 3.63) is 52.7 Å². The predicted molar refractivity (Wildman–Crippen MR) is 98.3 cm³/mol. The van der Waals surface area contributed by atoms with Crippen LogP contribution in [-0.2, 0) is 4.79 Å². The molecule has 4 nitrogen and oxygen atoms in total. The van der Waals surface area contributed by atoms with E-state index in [1.807, 2.05) is 44.2 Å². The van der Waals surface area contributed by atoms with E-state index in [9.17, 15) is 10.1 Å². The average Bonchev–Trinajstić information content (AvgIpc) is 2.53. The Kier molecular flexibility index (Phi) is 5.99. The van der Waals surface area contributed by atoms with Gasteiger partial charge in [0.15, 0.2) is 0 Å². The Morgan fingerprint density at radius 2 is 1.96 bits per heavy atom. The van der Waals surface area contributed by atoms with E-state index >= 15 is 0 Å². The quantitative estimate of drug-likeness (QED) is 0.819. The van der Waals surface area contributed by atoms with Crippen LogP contribution in [0.25, 0.3) is 0 Å². The first kappa shape index (κ1) is 18.0. The molecule has 24 heavy (non-hydrogen) atoms. The van der Waals surface area contributed by atoms with E-state index in [0.717, 1.165) is 16.9 Å². The third-order valence-electron chi connectivity index (χ3n) is 3.62. The van der Waals surface area contributed by atoms with Gasteiger partial charge in [-0.1, -0.05) is 37.7 Å². The van der Waals surface area contributed by atoms with Crippen LogP contribution in [0.3, 0.4) is 0 Å². The van der Waals surface area contributed by atoms with Gasteiger partial charge in [-0.3, -0.25) is 4.79 Å². The lowest BCUT2D eigenvalue weighted by molar-refractivity contribution is -0.113. The van der Waals surface area contributed by atoms with Crippen LogP contribution in [-0.4, -0.2) is 16.6 Å². The third kappa shape index (κ3) is 4.59. The van der Waals surface area contributed by atoms with E-state index in [0.29, 0.717) is 16.5 Å². The van der Waals surface area contributed by atoms with Crippen LogP contribution >= 0.6 is 11.8 Å². The highest BCUT2D eigenvalue weighted by atomic mass is 32.2. The molecule has 5 heteroatoms. The van der Waals surface area contributed by atoms with Crippen LogP contribution in [0.2, 0.25) is 0 Å². The number of amides is 1. The van der Waals surface area contributed by atoms with E-state index in [2.05, 4.69) is 30.2 Å². The number of carbonyl (C=O) groups excluding carboxylic acids is 1. The van der Waals surface area contributed by atoms with Gasteiger partial charge in [-0.05, 0) is 49.1 Å². The van der Waals surface area contributed by atoms with Crippen molar-refractivity contribution >= 4 is 23.4 Å². The molecule has 1 N–H and O–H groups in total. The molecule has 0 aliphatic carbocycles. The molecular weight excluding hydrogens is 318 g/mol. The maximum absolute atomic E-state index is 12.1. The van der Waals surface area contributed by atoms with Crippen LogP contribution < -0.4 is 5.32 Å². The standard InChI is InChI=1S/C19H21N3OS/c1-12(2)15-5-7-16(8-6-15)22-18(23)11-24-19-17(10-20)13(3)9-14(4)21-19/h5-9,12H,11H2,1-4H3,(H,22,23). The van der Waals surface area contributed by atoms with Crippen molar-refractivity contribution in [3.8, 4) is 6.07 Å². The van der Waals surface area contributed by atoms with Gasteiger partial charge >= 0.3 is 0 Å². The lowest BCUT2D eigenvalue weighted by Gasteiger charge is -2.09. The molecule has 124 valence electrons. The van der Waals surface area contributed by atoms with Crippen molar-refractivity contribution in [2.45, 2.75) is 38.6 Å². The number of thioether (sulfide) groups is 1. The highest BCUT2D eigenvalue weighted by Crippen LogP contribution is 2.24. The molecule has 1 amide bonds. The minimum absolute atomic E-state index is 0.109. The second-order valence-electron chi connectivity index (χ2n) is 5.99. The Balaban J connectivity index is 2.00. The van der Waals surface area contributed by atoms with E-state index in [-0.39, 0.29) is 11.7 Å². The summed E-state index contributed by atoms with van der Waals surface area (Å²) in [5.41, 5.74) is 4.29. The first-order chi connectivity index (χ1) is 11.4. The molecule has 0 radical (unpaired) electrons. The lowest BCUT2D eigenvalue weighted by Crippen LogP contribution is -2.14. The van der Waals surface area contributed by atoms with Gasteiger partial charge in [-0.2, -0.15) is 5.26 Å². The highest BCUT2D eigenvalue weighted by molar-refractivity contribution is 8.00. The fraction of sp³-hybridized carbons (Fsp3) is 0.316. The molecule has 0 unspecified atom stereocenters. The van der Waals surface area contributed by atoms with Gasteiger partial charge in [-0.25, -0.2) is 4.98 Å². The zero-order valence-electron chi connectivity index (χ0n) is 14.4. The summed E-state index contributed by atoms with van der Waals surface area (Å²) in [5, 5.41) is 12.7. The molecule has 0 fully saturated rings. The van der Waals surface area contributed by atoms with E-state index < -0.39 is 0 Å². The number of nitriles is 1. The van der Waals surface area contributed by atoms with Gasteiger partial charge in [0.05, 0.1) is 11.3 Å². The molecular formula is C19H21N3OS. The zero-order chi connectivity index (χ0) is 17.7. The van der Waals surface area contributed by atoms with Crippen molar-refractivity contribution < 1.29 is 4.79 Å². The molecule has 1 heterocycles. The van der Waals surface area contributed by atoms with Crippen molar-refractivity contribution in [2.24, 2.45) is 0 Å². The number of anilines is 1. The van der Waals surface area contributed by atoms with Gasteiger partial charge in [0.1, 0.15) is 11.1 Å². The number of nitrogens with zero attached hydrogens (tertiary/aromatic N) is 2. The van der Waals surface area contributed by atoms with Gasteiger partial charge in [0, 0.05) is 11.4 Å². The summed E-state index contributed by atoms with van der Waals surface area (Å²) in [4.78, 5) is 16.5. The molecule has 1 aromatic carbocycles. The molecule has 0 atom stereocenters. The van der Waals surface area contributed by atoms with Gasteiger partial charge in [0.25, 0.3) is 0 Å². The Hall–Kier alpha value is -2.32. The Bertz CT molecular complexity index is 776. The van der Waals surface area contributed by atoms with Crippen LogP contribution in [0, 0.1) is 25.2 Å². The first-order valence-corrected chi connectivity index (χ1v) is 8.80. The predicted octanol–water partition coefficient (Wildman–Crippen LogP) is 4.42. The van der Waals surface area contributed by atoms with Crippen molar-refractivity contribution in [1.29, 1.82) is 5.26 Å². The Morgan fingerprint density at radius 1 is 1.29 bits per heavy atom. The smallest absolute Gasteiger partial charge is 0.234 e. The molecule has 0 aliphatic rings. The number of benzene rings is 1. The van der Waals surface area contributed by atoms with Crippen molar-refractivity contribution in [2.75, 3.05) is 11.1 Å². The van der Waals surface area contributed by atoms with Gasteiger partial charge in [-0.15, -0.1) is 0 Å². The second kappa shape index (κ2) is 7.98. The van der Waals surface area contributed by atoms with E-state index in [1.54, 1.807) is 0 Å². The largest absolute Gasteiger partial charge is 0.325 e. The van der Waals surface area contributed by atoms with Crippen LogP contribution in [0.4, 0.5) is 5.69 Å². The van der Waals surface area contributed by atoms with Crippen LogP contribution in [0.1, 0.15) is 42.1 Å². The fourth-order valence-corrected chi connectivity index (χ4v) is 3.22. The van der Waals surface area contributed by atoms with E-state index in [1.165, 1.54) is 17.3 Å². The number of carbonyl (C=O) groups is 1. The molecule has 0 saturated heterocycles. The SMILES string of the molecule is Cc1cc(C)c(C#N)c(SCC(=O)Nc2ccc(C(C)C)cc2)n1. The molecule has 2 rings (SSSR count). The molecule has 0 aliphatic heterocycles. The number of hydrogen-bond acceptors (Lipinski definition) is 4. The van der Waals surface area contributed by atoms with E-state index in [4.69, 9.17) is 0 Å². The zero-order valence-corrected chi connectivity index (χ0v) is 15.2. The number of nitrogens with one attached hydrogen (secondary N) is 1. The van der Waals surface area contributed by atoms with Gasteiger partial charge in [0.2, 0.25) is 5.91 Å². The summed E-state index contributed by atoms with van der Waals surface area (Å²) < 4.78 is 0. The summed E-state index contributed by atoms with van der Waals surface area (Å²) in [6.45, 7) is 8.03. The maximum atomic E-state index is 12.1. The average molecular weight is 339 g/mol. The van der Waals surface area contributed by atoms with Gasteiger partial charge < -0.3 is 5.32 Å². The summed E-state index contributed by atoms with van der Waals surface area (Å²) in [7, 11) is 0. The Morgan fingerprint density at radius 3 is 2.54 bits per heavy atom. The number of aromatic nitrogens is 1. The number of rotatable bonds is 5.